The van der Waals surface area contributed by atoms with Crippen LogP contribution in [0.15, 0.2) is 42.6 Å². The van der Waals surface area contributed by atoms with Crippen molar-refractivity contribution in [2.75, 3.05) is 23.1 Å². The fourth-order valence-corrected chi connectivity index (χ4v) is 2.55. The van der Waals surface area contributed by atoms with Gasteiger partial charge in [-0.2, -0.15) is 0 Å². The lowest BCUT2D eigenvalue weighted by atomic mass is 10.1. The molecule has 122 valence electrons. The van der Waals surface area contributed by atoms with Crippen molar-refractivity contribution in [3.63, 3.8) is 0 Å². The van der Waals surface area contributed by atoms with Crippen LogP contribution in [0.4, 0.5) is 11.5 Å². The number of para-hydroxylation sites is 1. The predicted molar refractivity (Wildman–Crippen MR) is 88.7 cm³/mol. The van der Waals surface area contributed by atoms with Gasteiger partial charge in [-0.25, -0.2) is 4.98 Å². The van der Waals surface area contributed by atoms with E-state index in [0.717, 1.165) is 11.3 Å². The molecule has 0 aliphatic heterocycles. The second-order valence-electron chi connectivity index (χ2n) is 4.91. The number of anilines is 2. The summed E-state index contributed by atoms with van der Waals surface area (Å²) in [5.41, 5.74) is 7.26. The van der Waals surface area contributed by atoms with Crippen LogP contribution in [-0.4, -0.2) is 32.6 Å². The van der Waals surface area contributed by atoms with Crippen molar-refractivity contribution in [2.24, 2.45) is 5.73 Å². The highest BCUT2D eigenvalue weighted by Crippen LogP contribution is 2.20. The van der Waals surface area contributed by atoms with Gasteiger partial charge in [0.05, 0.1) is 11.4 Å². The maximum absolute atomic E-state index is 11.0. The Balaban J connectivity index is 2.08. The molecule has 1 aromatic carbocycles. The molecule has 8 heteroatoms. The van der Waals surface area contributed by atoms with E-state index in [0.29, 0.717) is 17.9 Å². The second-order valence-corrected chi connectivity index (χ2v) is 5.78. The second kappa shape index (κ2) is 7.70. The van der Waals surface area contributed by atoms with E-state index in [1.807, 2.05) is 24.3 Å². The molecule has 1 unspecified atom stereocenters. The Hall–Kier alpha value is -2.45. The minimum Gasteiger partial charge on any atom is -0.771 e. The van der Waals surface area contributed by atoms with E-state index in [9.17, 15) is 13.6 Å². The van der Waals surface area contributed by atoms with Crippen molar-refractivity contribution in [1.82, 2.24) is 4.98 Å². The monoisotopic (exact) mass is 333 g/mol. The van der Waals surface area contributed by atoms with E-state index in [4.69, 9.17) is 5.73 Å². The molecular formula is C15H17N4O3S-. The van der Waals surface area contributed by atoms with Gasteiger partial charge in [0.15, 0.2) is 0 Å². The largest absolute Gasteiger partial charge is 0.771 e. The molecule has 1 atom stereocenters. The number of nitrogens with two attached hydrogens (primary N) is 1. The summed E-state index contributed by atoms with van der Waals surface area (Å²) in [5, 5.41) is 3.13. The van der Waals surface area contributed by atoms with Crippen LogP contribution in [0.25, 0.3) is 0 Å². The van der Waals surface area contributed by atoms with E-state index < -0.39 is 17.0 Å². The van der Waals surface area contributed by atoms with Gasteiger partial charge in [0.25, 0.3) is 0 Å². The molecule has 7 nitrogen and oxygen atoms in total. The molecule has 1 heterocycles. The van der Waals surface area contributed by atoms with E-state index >= 15 is 0 Å². The minimum atomic E-state index is -2.15. The highest BCUT2D eigenvalue weighted by Gasteiger charge is 2.07. The number of amides is 1. The first-order chi connectivity index (χ1) is 11.0. The van der Waals surface area contributed by atoms with Crippen LogP contribution in [-0.2, 0) is 17.6 Å². The van der Waals surface area contributed by atoms with E-state index in [1.54, 1.807) is 24.1 Å². The van der Waals surface area contributed by atoms with Crippen LogP contribution in [0, 0.1) is 0 Å². The zero-order valence-electron chi connectivity index (χ0n) is 12.6. The third-order valence-electron chi connectivity index (χ3n) is 3.21. The Labute approximate surface area is 136 Å². The SMILES string of the molecule is CN(CS(=O)[O-])c1ccccc1CNc1ccc(C(N)=O)cn1. The van der Waals surface area contributed by atoms with Crippen molar-refractivity contribution in [3.05, 3.63) is 53.7 Å². The summed E-state index contributed by atoms with van der Waals surface area (Å²) in [7, 11) is 1.72. The topological polar surface area (TPSA) is 111 Å². The quantitative estimate of drug-likeness (QED) is 0.733. The van der Waals surface area contributed by atoms with Gasteiger partial charge in [0.2, 0.25) is 5.91 Å². The van der Waals surface area contributed by atoms with Crippen molar-refractivity contribution in [3.8, 4) is 0 Å². The number of carbonyl (C=O) groups excluding carboxylic acids is 1. The molecule has 2 aromatic rings. The first-order valence-electron chi connectivity index (χ1n) is 6.82. The number of benzene rings is 1. The number of hydrogen-bond acceptors (Lipinski definition) is 6. The Kier molecular flexibility index (Phi) is 5.67. The molecule has 2 rings (SSSR count). The highest BCUT2D eigenvalue weighted by molar-refractivity contribution is 7.79. The third-order valence-corrected chi connectivity index (χ3v) is 3.81. The molecule has 3 N–H and O–H groups in total. The van der Waals surface area contributed by atoms with Crippen molar-refractivity contribution in [2.45, 2.75) is 6.54 Å². The lowest BCUT2D eigenvalue weighted by Crippen LogP contribution is -2.23. The van der Waals surface area contributed by atoms with Crippen LogP contribution in [0.1, 0.15) is 15.9 Å². The van der Waals surface area contributed by atoms with Gasteiger partial charge in [-0.15, -0.1) is 0 Å². The standard InChI is InChI=1S/C15H18N4O3S/c1-19(10-23(21)22)13-5-3-2-4-11(13)8-17-14-7-6-12(9-18-14)15(16)20/h2-7,9H,8,10H2,1H3,(H2,16,20)(H,17,18)(H,21,22)/p-1. The number of hydrogen-bond donors (Lipinski definition) is 2. The van der Waals surface area contributed by atoms with Crippen molar-refractivity contribution >= 4 is 28.5 Å². The summed E-state index contributed by atoms with van der Waals surface area (Å²) in [6.45, 7) is 0.467. The molecular weight excluding hydrogens is 316 g/mol. The van der Waals surface area contributed by atoms with E-state index in [1.165, 1.54) is 6.20 Å². The normalized spacial score (nSPS) is 11.7. The highest BCUT2D eigenvalue weighted by atomic mass is 32.2. The maximum Gasteiger partial charge on any atom is 0.250 e. The van der Waals surface area contributed by atoms with E-state index in [2.05, 4.69) is 10.3 Å². The molecule has 0 saturated heterocycles. The Bertz CT molecular complexity index is 706. The summed E-state index contributed by atoms with van der Waals surface area (Å²) >= 11 is -2.15. The third kappa shape index (κ3) is 4.76. The average Bonchev–Trinajstić information content (AvgIpc) is 2.53. The molecule has 0 radical (unpaired) electrons. The smallest absolute Gasteiger partial charge is 0.250 e. The molecule has 1 aromatic heterocycles. The van der Waals surface area contributed by atoms with Gasteiger partial charge in [0, 0.05) is 25.5 Å². The molecule has 23 heavy (non-hydrogen) atoms. The number of primary amides is 1. The lowest BCUT2D eigenvalue weighted by Gasteiger charge is -2.23. The van der Waals surface area contributed by atoms with Gasteiger partial charge < -0.3 is 20.5 Å². The Morgan fingerprint density at radius 2 is 2.09 bits per heavy atom. The van der Waals surface area contributed by atoms with Crippen molar-refractivity contribution in [1.29, 1.82) is 0 Å². The summed E-state index contributed by atoms with van der Waals surface area (Å²) in [5.74, 6) is -0.00996. The summed E-state index contributed by atoms with van der Waals surface area (Å²) < 4.78 is 21.7. The Morgan fingerprint density at radius 1 is 1.35 bits per heavy atom. The van der Waals surface area contributed by atoms with Gasteiger partial charge >= 0.3 is 0 Å². The van der Waals surface area contributed by atoms with Gasteiger partial charge in [0.1, 0.15) is 5.82 Å². The van der Waals surface area contributed by atoms with Crippen LogP contribution in [0.5, 0.6) is 0 Å². The van der Waals surface area contributed by atoms with E-state index in [-0.39, 0.29) is 5.88 Å². The lowest BCUT2D eigenvalue weighted by molar-refractivity contribution is 0.1000. The zero-order valence-corrected chi connectivity index (χ0v) is 13.4. The van der Waals surface area contributed by atoms with Crippen molar-refractivity contribution < 1.29 is 13.6 Å². The van der Waals surface area contributed by atoms with Gasteiger partial charge in [-0.3, -0.25) is 9.00 Å². The maximum atomic E-state index is 11.0. The molecule has 0 saturated carbocycles. The van der Waals surface area contributed by atoms with Crippen LogP contribution < -0.4 is 16.0 Å². The number of rotatable bonds is 7. The number of nitrogens with one attached hydrogen (secondary N) is 1. The average molecular weight is 333 g/mol. The summed E-state index contributed by atoms with van der Waals surface area (Å²) in [4.78, 5) is 16.8. The minimum absolute atomic E-state index is 0.0808. The van der Waals surface area contributed by atoms with Gasteiger partial charge in [-0.1, -0.05) is 18.2 Å². The first-order valence-corrected chi connectivity index (χ1v) is 8.06. The first kappa shape index (κ1) is 16.9. The Morgan fingerprint density at radius 3 is 2.70 bits per heavy atom. The molecule has 0 aliphatic rings. The molecule has 1 amide bonds. The van der Waals surface area contributed by atoms with Crippen LogP contribution in [0.3, 0.4) is 0 Å². The summed E-state index contributed by atoms with van der Waals surface area (Å²) in [6, 6.07) is 10.8. The molecule has 0 aliphatic carbocycles. The fourth-order valence-electron chi connectivity index (χ4n) is 2.09. The number of pyridine rings is 1. The molecule has 0 fully saturated rings. The number of carbonyl (C=O) groups is 1. The molecule has 0 bridgehead atoms. The zero-order chi connectivity index (χ0) is 16.8. The predicted octanol–water partition coefficient (Wildman–Crippen LogP) is 1.07. The number of aromatic nitrogens is 1. The van der Waals surface area contributed by atoms with Crippen LogP contribution in [0.2, 0.25) is 0 Å². The van der Waals surface area contributed by atoms with Crippen LogP contribution >= 0.6 is 0 Å². The fraction of sp³-hybridized carbons (Fsp3) is 0.200. The summed E-state index contributed by atoms with van der Waals surface area (Å²) in [6.07, 6.45) is 1.41. The number of nitrogens with zero attached hydrogens (tertiary/aromatic N) is 2. The molecule has 0 spiro atoms. The van der Waals surface area contributed by atoms with Gasteiger partial charge in [-0.05, 0) is 34.8 Å².